The summed E-state index contributed by atoms with van der Waals surface area (Å²) in [7, 11) is -3.65. The molecule has 0 saturated heterocycles. The Morgan fingerprint density at radius 3 is 2.12 bits per heavy atom. The normalized spacial score (nSPS) is 13.0. The van der Waals surface area contributed by atoms with Gasteiger partial charge in [-0.25, -0.2) is 13.4 Å². The standard InChI is InChI=1S/C31H44N4O6S/c1-7-15-34(16-8-2)31(39)26-18-23(9-3)17-25(20-26)30(38)32-28(19-24-11-13-27(36)14-12-24)29(37)21-35(10-4)33-42(40,41)22(5)6/h3,11-14,17-18,20,22,28-29,33,36-37H,7-8,10,15-16,19,21H2,1-2,4-6H3,(H,32,38). The van der Waals surface area contributed by atoms with E-state index in [1.807, 2.05) is 13.8 Å². The van der Waals surface area contributed by atoms with Gasteiger partial charge in [0.15, 0.2) is 0 Å². The molecule has 0 aromatic heterocycles. The Labute approximate surface area is 250 Å². The van der Waals surface area contributed by atoms with Gasteiger partial charge in [-0.05, 0) is 69.0 Å². The van der Waals surface area contributed by atoms with Crippen molar-refractivity contribution >= 4 is 21.8 Å². The quantitative estimate of drug-likeness (QED) is 0.172. The van der Waals surface area contributed by atoms with Gasteiger partial charge >= 0.3 is 0 Å². The van der Waals surface area contributed by atoms with Crippen molar-refractivity contribution in [3.8, 4) is 18.1 Å². The highest BCUT2D eigenvalue weighted by atomic mass is 32.2. The average molecular weight is 601 g/mol. The van der Waals surface area contributed by atoms with Crippen LogP contribution in [0.25, 0.3) is 0 Å². The Kier molecular flexibility index (Phi) is 13.5. The first kappa shape index (κ1) is 34.8. The fourth-order valence-electron chi connectivity index (χ4n) is 4.29. The van der Waals surface area contributed by atoms with E-state index in [1.165, 1.54) is 29.3 Å². The number of carbonyl (C=O) groups is 2. The molecule has 2 atom stereocenters. The fraction of sp³-hybridized carbons (Fsp3) is 0.484. The smallest absolute Gasteiger partial charge is 0.253 e. The molecule has 2 aromatic rings. The van der Waals surface area contributed by atoms with Gasteiger partial charge < -0.3 is 20.4 Å². The van der Waals surface area contributed by atoms with Gasteiger partial charge in [0.1, 0.15) is 5.75 Å². The first-order valence-electron chi connectivity index (χ1n) is 14.3. The summed E-state index contributed by atoms with van der Waals surface area (Å²) in [5.74, 6) is 1.81. The molecule has 2 aromatic carbocycles. The summed E-state index contributed by atoms with van der Waals surface area (Å²) in [5.41, 5.74) is 1.56. The second kappa shape index (κ2) is 16.3. The maximum atomic E-state index is 13.6. The van der Waals surface area contributed by atoms with Crippen molar-refractivity contribution in [3.05, 3.63) is 64.7 Å². The van der Waals surface area contributed by atoms with Gasteiger partial charge in [0.25, 0.3) is 11.8 Å². The molecule has 0 bridgehead atoms. The third kappa shape index (κ3) is 10.1. The number of amides is 2. The molecule has 2 rings (SSSR count). The molecule has 4 N–H and O–H groups in total. The number of hydrazine groups is 1. The van der Waals surface area contributed by atoms with Crippen LogP contribution in [0.1, 0.15) is 79.3 Å². The molecule has 0 heterocycles. The highest BCUT2D eigenvalue weighted by Crippen LogP contribution is 2.17. The number of terminal acetylenes is 1. The Morgan fingerprint density at radius 1 is 1.00 bits per heavy atom. The number of carbonyl (C=O) groups excluding carboxylic acids is 2. The highest BCUT2D eigenvalue weighted by molar-refractivity contribution is 7.90. The van der Waals surface area contributed by atoms with E-state index in [0.29, 0.717) is 24.2 Å². The number of aliphatic hydroxyl groups is 1. The third-order valence-corrected chi connectivity index (χ3v) is 8.48. The van der Waals surface area contributed by atoms with Gasteiger partial charge in [-0.3, -0.25) is 9.59 Å². The Hall–Kier alpha value is -3.43. The van der Waals surface area contributed by atoms with E-state index in [0.717, 1.165) is 18.4 Å². The molecule has 0 aliphatic heterocycles. The van der Waals surface area contributed by atoms with E-state index in [-0.39, 0.29) is 36.7 Å². The second-order valence-corrected chi connectivity index (χ2v) is 12.7. The molecule has 2 amide bonds. The summed E-state index contributed by atoms with van der Waals surface area (Å²) < 4.78 is 24.9. The van der Waals surface area contributed by atoms with E-state index in [2.05, 4.69) is 16.1 Å². The van der Waals surface area contributed by atoms with Crippen LogP contribution in [0.2, 0.25) is 0 Å². The zero-order valence-corrected chi connectivity index (χ0v) is 25.9. The van der Waals surface area contributed by atoms with Crippen LogP contribution in [0.3, 0.4) is 0 Å². The number of hydrogen-bond donors (Lipinski definition) is 4. The molecule has 0 fully saturated rings. The number of aromatic hydroxyl groups is 1. The minimum absolute atomic E-state index is 0.0728. The van der Waals surface area contributed by atoms with E-state index < -0.39 is 33.3 Å². The lowest BCUT2D eigenvalue weighted by molar-refractivity contribution is 0.0634. The number of nitrogens with zero attached hydrogens (tertiary/aromatic N) is 2. The van der Waals surface area contributed by atoms with Crippen molar-refractivity contribution in [3.63, 3.8) is 0 Å². The van der Waals surface area contributed by atoms with Crippen LogP contribution in [0.15, 0.2) is 42.5 Å². The minimum atomic E-state index is -3.65. The van der Waals surface area contributed by atoms with E-state index in [9.17, 15) is 28.2 Å². The number of rotatable bonds is 16. The van der Waals surface area contributed by atoms with Crippen molar-refractivity contribution in [1.29, 1.82) is 0 Å². The second-order valence-electron chi connectivity index (χ2n) is 10.5. The molecule has 0 aliphatic rings. The van der Waals surface area contributed by atoms with Gasteiger partial charge in [0.2, 0.25) is 10.0 Å². The molecule has 0 aliphatic carbocycles. The summed E-state index contributed by atoms with van der Waals surface area (Å²) in [4.78, 5) is 31.1. The Morgan fingerprint density at radius 2 is 1.60 bits per heavy atom. The van der Waals surface area contributed by atoms with Crippen molar-refractivity contribution in [2.75, 3.05) is 26.2 Å². The van der Waals surface area contributed by atoms with Gasteiger partial charge in [0.05, 0.1) is 17.4 Å². The fourth-order valence-corrected chi connectivity index (χ4v) is 5.07. The molecular formula is C31H44N4O6S. The van der Waals surface area contributed by atoms with Crippen LogP contribution in [0.4, 0.5) is 0 Å². The first-order chi connectivity index (χ1) is 19.8. The topological polar surface area (TPSA) is 139 Å². The van der Waals surface area contributed by atoms with Gasteiger partial charge in [0, 0.05) is 42.9 Å². The lowest BCUT2D eigenvalue weighted by atomic mass is 9.99. The van der Waals surface area contributed by atoms with Crippen molar-refractivity contribution < 1.29 is 28.2 Å². The van der Waals surface area contributed by atoms with Crippen LogP contribution >= 0.6 is 0 Å². The third-order valence-electron chi connectivity index (χ3n) is 6.72. The number of likely N-dealkylation sites (N-methyl/N-ethyl adjacent to an activating group) is 1. The van der Waals surface area contributed by atoms with E-state index in [4.69, 9.17) is 6.42 Å². The van der Waals surface area contributed by atoms with Gasteiger partial charge in [-0.1, -0.05) is 38.8 Å². The van der Waals surface area contributed by atoms with Crippen LogP contribution in [-0.2, 0) is 16.4 Å². The molecule has 0 spiro atoms. The number of aliphatic hydroxyl groups excluding tert-OH is 1. The number of phenolic OH excluding ortho intramolecular Hbond substituents is 1. The lowest BCUT2D eigenvalue weighted by Crippen LogP contribution is -2.54. The van der Waals surface area contributed by atoms with Crippen LogP contribution < -0.4 is 10.1 Å². The molecule has 0 radical (unpaired) electrons. The number of phenols is 1. The largest absolute Gasteiger partial charge is 0.508 e. The van der Waals surface area contributed by atoms with E-state index in [1.54, 1.807) is 43.9 Å². The van der Waals surface area contributed by atoms with Crippen LogP contribution in [0.5, 0.6) is 5.75 Å². The van der Waals surface area contributed by atoms with E-state index >= 15 is 0 Å². The molecular weight excluding hydrogens is 556 g/mol. The van der Waals surface area contributed by atoms with Crippen molar-refractivity contribution in [2.24, 2.45) is 0 Å². The Bertz CT molecular complexity index is 1330. The molecule has 42 heavy (non-hydrogen) atoms. The summed E-state index contributed by atoms with van der Waals surface area (Å²) in [6.07, 6.45) is 6.22. The predicted molar refractivity (Wildman–Crippen MR) is 164 cm³/mol. The summed E-state index contributed by atoms with van der Waals surface area (Å²) >= 11 is 0. The Balaban J connectivity index is 2.39. The number of sulfonamides is 1. The highest BCUT2D eigenvalue weighted by Gasteiger charge is 2.27. The molecule has 0 saturated carbocycles. The minimum Gasteiger partial charge on any atom is -0.508 e. The van der Waals surface area contributed by atoms with Crippen molar-refractivity contribution in [1.82, 2.24) is 20.1 Å². The van der Waals surface area contributed by atoms with Gasteiger partial charge in [-0.15, -0.1) is 11.3 Å². The summed E-state index contributed by atoms with van der Waals surface area (Å²) in [5, 5.41) is 24.5. The number of nitrogens with one attached hydrogen (secondary N) is 2. The summed E-state index contributed by atoms with van der Waals surface area (Å²) in [6, 6.07) is 10.1. The monoisotopic (exact) mass is 600 g/mol. The predicted octanol–water partition coefficient (Wildman–Crippen LogP) is 2.90. The molecule has 2 unspecified atom stereocenters. The average Bonchev–Trinajstić information content (AvgIpc) is 2.96. The molecule has 10 nitrogen and oxygen atoms in total. The van der Waals surface area contributed by atoms with Gasteiger partial charge in [-0.2, -0.15) is 0 Å². The molecule has 230 valence electrons. The zero-order valence-electron chi connectivity index (χ0n) is 25.1. The maximum absolute atomic E-state index is 13.6. The van der Waals surface area contributed by atoms with Crippen LogP contribution in [0, 0.1) is 12.3 Å². The lowest BCUT2D eigenvalue weighted by Gasteiger charge is -2.30. The van der Waals surface area contributed by atoms with Crippen molar-refractivity contribution in [2.45, 2.75) is 71.3 Å². The summed E-state index contributed by atoms with van der Waals surface area (Å²) in [6.45, 7) is 10.1. The zero-order chi connectivity index (χ0) is 31.4. The van der Waals surface area contributed by atoms with Crippen LogP contribution in [-0.4, -0.2) is 83.9 Å². The first-order valence-corrected chi connectivity index (χ1v) is 15.8. The molecule has 11 heteroatoms. The number of hydrogen-bond acceptors (Lipinski definition) is 7. The maximum Gasteiger partial charge on any atom is 0.253 e. The SMILES string of the molecule is C#Cc1cc(C(=O)NC(Cc2ccc(O)cc2)C(O)CN(CC)NS(=O)(=O)C(C)C)cc(C(=O)N(CCC)CCC)c1. The number of benzene rings is 2.